The van der Waals surface area contributed by atoms with Crippen molar-refractivity contribution in [1.82, 2.24) is 15.1 Å². The van der Waals surface area contributed by atoms with Crippen molar-refractivity contribution in [2.75, 3.05) is 24.7 Å². The van der Waals surface area contributed by atoms with E-state index in [1.165, 1.54) is 6.20 Å². The third-order valence-electron chi connectivity index (χ3n) is 2.59. The highest BCUT2D eigenvalue weighted by Crippen LogP contribution is 2.08. The molecule has 0 aromatic carbocycles. The molecule has 0 aliphatic carbocycles. The van der Waals surface area contributed by atoms with Crippen LogP contribution in [-0.4, -0.2) is 40.9 Å². The maximum atomic E-state index is 10.8. The van der Waals surface area contributed by atoms with Crippen LogP contribution in [0.2, 0.25) is 0 Å². The van der Waals surface area contributed by atoms with Gasteiger partial charge in [-0.3, -0.25) is 5.01 Å². The van der Waals surface area contributed by atoms with Crippen molar-refractivity contribution < 1.29 is 9.84 Å². The van der Waals surface area contributed by atoms with E-state index in [0.717, 1.165) is 19.5 Å². The zero-order valence-electron chi connectivity index (χ0n) is 8.80. The Bertz CT molecular complexity index is 315. The molecule has 1 radical (unpaired) electrons. The smallest absolute Gasteiger partial charge is 0.128 e. The average molecular weight is 211 g/mol. The van der Waals surface area contributed by atoms with Crippen molar-refractivity contribution in [3.05, 3.63) is 11.9 Å². The van der Waals surface area contributed by atoms with E-state index in [-0.39, 0.29) is 12.7 Å². The lowest BCUT2D eigenvalue weighted by Crippen LogP contribution is -2.49. The van der Waals surface area contributed by atoms with Crippen LogP contribution in [-0.2, 0) is 16.5 Å². The SMILES string of the molecule is CCC1CN(n2nncc2C[O])CCO1. The predicted octanol–water partition coefficient (Wildman–Crippen LogP) is -0.0446. The molecule has 15 heavy (non-hydrogen) atoms. The van der Waals surface area contributed by atoms with Gasteiger partial charge < -0.3 is 4.74 Å². The number of hydrogen-bond acceptors (Lipinski definition) is 4. The van der Waals surface area contributed by atoms with Gasteiger partial charge in [0.2, 0.25) is 0 Å². The number of nitrogens with zero attached hydrogens (tertiary/aromatic N) is 4. The lowest BCUT2D eigenvalue weighted by molar-refractivity contribution is 0.0265. The molecule has 0 spiro atoms. The Balaban J connectivity index is 2.09. The molecule has 2 rings (SSSR count). The zero-order chi connectivity index (χ0) is 10.7. The van der Waals surface area contributed by atoms with Gasteiger partial charge >= 0.3 is 0 Å². The minimum Gasteiger partial charge on any atom is -0.374 e. The molecule has 1 unspecified atom stereocenters. The molecular weight excluding hydrogens is 196 g/mol. The van der Waals surface area contributed by atoms with Gasteiger partial charge in [0.1, 0.15) is 12.3 Å². The van der Waals surface area contributed by atoms with Crippen molar-refractivity contribution in [3.63, 3.8) is 0 Å². The summed E-state index contributed by atoms with van der Waals surface area (Å²) in [7, 11) is 0. The predicted molar refractivity (Wildman–Crippen MR) is 52.4 cm³/mol. The van der Waals surface area contributed by atoms with Crippen LogP contribution in [0, 0.1) is 0 Å². The van der Waals surface area contributed by atoms with Crippen molar-refractivity contribution in [3.8, 4) is 0 Å². The third kappa shape index (κ3) is 2.10. The van der Waals surface area contributed by atoms with Crippen molar-refractivity contribution in [2.24, 2.45) is 0 Å². The van der Waals surface area contributed by atoms with Gasteiger partial charge in [0, 0.05) is 0 Å². The van der Waals surface area contributed by atoms with E-state index < -0.39 is 0 Å². The van der Waals surface area contributed by atoms with Crippen molar-refractivity contribution in [1.29, 1.82) is 0 Å². The van der Waals surface area contributed by atoms with Gasteiger partial charge in [0.15, 0.2) is 0 Å². The molecule has 0 saturated carbocycles. The summed E-state index contributed by atoms with van der Waals surface area (Å²) in [6, 6.07) is 0. The number of rotatable bonds is 3. The van der Waals surface area contributed by atoms with Crippen LogP contribution in [0.5, 0.6) is 0 Å². The fraction of sp³-hybridized carbons (Fsp3) is 0.778. The van der Waals surface area contributed by atoms with E-state index >= 15 is 0 Å². The summed E-state index contributed by atoms with van der Waals surface area (Å²) >= 11 is 0. The Morgan fingerprint density at radius 2 is 2.53 bits per heavy atom. The fourth-order valence-corrected chi connectivity index (χ4v) is 1.71. The summed E-state index contributed by atoms with van der Waals surface area (Å²) < 4.78 is 5.55. The molecule has 0 N–H and O–H groups in total. The first-order valence-corrected chi connectivity index (χ1v) is 5.19. The van der Waals surface area contributed by atoms with Crippen molar-refractivity contribution >= 4 is 0 Å². The second-order valence-corrected chi connectivity index (χ2v) is 3.57. The molecule has 1 atom stereocenters. The quantitative estimate of drug-likeness (QED) is 0.703. The molecule has 1 aliphatic rings. The molecule has 0 bridgehead atoms. The van der Waals surface area contributed by atoms with Gasteiger partial charge in [-0.05, 0) is 11.6 Å². The minimum absolute atomic E-state index is 0.224. The van der Waals surface area contributed by atoms with Crippen LogP contribution < -0.4 is 5.01 Å². The molecule has 6 heteroatoms. The molecule has 1 aliphatic heterocycles. The van der Waals surface area contributed by atoms with E-state index in [1.54, 1.807) is 4.79 Å². The van der Waals surface area contributed by atoms with Gasteiger partial charge in [0.05, 0.1) is 32.0 Å². The highest BCUT2D eigenvalue weighted by molar-refractivity contribution is 4.99. The van der Waals surface area contributed by atoms with Crippen LogP contribution in [0.4, 0.5) is 0 Å². The highest BCUT2D eigenvalue weighted by Gasteiger charge is 2.21. The van der Waals surface area contributed by atoms with Crippen LogP contribution in [0.3, 0.4) is 0 Å². The summed E-state index contributed by atoms with van der Waals surface area (Å²) in [5.41, 5.74) is 0.603. The molecule has 1 aromatic rings. The lowest BCUT2D eigenvalue weighted by atomic mass is 10.2. The molecule has 1 aromatic heterocycles. The first-order valence-electron chi connectivity index (χ1n) is 5.19. The van der Waals surface area contributed by atoms with Crippen molar-refractivity contribution in [2.45, 2.75) is 26.1 Å². The standard InChI is InChI=1S/C9H15N4O2/c1-2-9-6-12(3-4-15-9)13-8(7-14)5-10-11-13/h5,9H,2-4,6-7H2,1H3. The molecule has 2 heterocycles. The van der Waals surface area contributed by atoms with E-state index in [4.69, 9.17) is 4.74 Å². The molecule has 1 fully saturated rings. The topological polar surface area (TPSA) is 63.1 Å². The molecular formula is C9H15N4O2. The van der Waals surface area contributed by atoms with Crippen LogP contribution in [0.15, 0.2) is 6.20 Å². The van der Waals surface area contributed by atoms with E-state index in [9.17, 15) is 5.11 Å². The Kier molecular flexibility index (Phi) is 3.17. The monoisotopic (exact) mass is 211 g/mol. The zero-order valence-corrected chi connectivity index (χ0v) is 8.80. The highest BCUT2D eigenvalue weighted by atomic mass is 16.5. The van der Waals surface area contributed by atoms with Gasteiger partial charge in [0.25, 0.3) is 0 Å². The Hall–Kier alpha value is -1.14. The third-order valence-corrected chi connectivity index (χ3v) is 2.59. The number of hydrogen-bond donors (Lipinski definition) is 0. The second kappa shape index (κ2) is 4.59. The molecule has 6 nitrogen and oxygen atoms in total. The summed E-state index contributed by atoms with van der Waals surface area (Å²) in [4.78, 5) is 1.61. The largest absolute Gasteiger partial charge is 0.374 e. The molecule has 1 saturated heterocycles. The normalized spacial score (nSPS) is 22.0. The maximum absolute atomic E-state index is 10.8. The average Bonchev–Trinajstić information content (AvgIpc) is 2.77. The Morgan fingerprint density at radius 1 is 1.67 bits per heavy atom. The van der Waals surface area contributed by atoms with Gasteiger partial charge in [-0.1, -0.05) is 6.92 Å². The summed E-state index contributed by atoms with van der Waals surface area (Å²) in [5.74, 6) is 0. The Labute approximate surface area is 88.4 Å². The molecule has 0 amide bonds. The van der Waals surface area contributed by atoms with Gasteiger partial charge in [-0.15, -0.1) is 5.10 Å². The van der Waals surface area contributed by atoms with E-state index in [2.05, 4.69) is 17.2 Å². The first-order chi connectivity index (χ1) is 7.35. The molecule has 83 valence electrons. The van der Waals surface area contributed by atoms with Gasteiger partial charge in [-0.25, -0.2) is 5.11 Å². The minimum atomic E-state index is -0.291. The van der Waals surface area contributed by atoms with Crippen LogP contribution in [0.25, 0.3) is 0 Å². The van der Waals surface area contributed by atoms with Gasteiger partial charge in [-0.2, -0.15) is 4.79 Å². The number of ether oxygens (including phenoxy) is 1. The summed E-state index contributed by atoms with van der Waals surface area (Å²) in [6.07, 6.45) is 2.71. The summed E-state index contributed by atoms with van der Waals surface area (Å²) in [5, 5.41) is 20.5. The van der Waals surface area contributed by atoms with Crippen LogP contribution in [0.1, 0.15) is 19.0 Å². The summed E-state index contributed by atoms with van der Waals surface area (Å²) in [6.45, 7) is 4.00. The Morgan fingerprint density at radius 3 is 3.27 bits per heavy atom. The lowest BCUT2D eigenvalue weighted by Gasteiger charge is -2.33. The maximum Gasteiger partial charge on any atom is 0.128 e. The van der Waals surface area contributed by atoms with E-state index in [0.29, 0.717) is 12.3 Å². The number of aromatic nitrogens is 3. The first kappa shape index (κ1) is 10.4. The van der Waals surface area contributed by atoms with E-state index in [1.807, 2.05) is 5.01 Å². The number of morpholine rings is 1. The fourth-order valence-electron chi connectivity index (χ4n) is 1.71. The second-order valence-electron chi connectivity index (χ2n) is 3.57. The van der Waals surface area contributed by atoms with Crippen LogP contribution >= 0.6 is 0 Å².